The Balaban J connectivity index is 2.27. The summed E-state index contributed by atoms with van der Waals surface area (Å²) in [6.07, 6.45) is -4.44. The van der Waals surface area contributed by atoms with Gasteiger partial charge in [0.25, 0.3) is 0 Å². The molecule has 0 amide bonds. The van der Waals surface area contributed by atoms with E-state index in [9.17, 15) is 18.0 Å². The Morgan fingerprint density at radius 2 is 1.77 bits per heavy atom. The zero-order valence-electron chi connectivity index (χ0n) is 13.6. The number of hydrazine groups is 1. The number of hydrogen-bond acceptors (Lipinski definition) is 4. The molecule has 6 nitrogen and oxygen atoms in total. The van der Waals surface area contributed by atoms with Crippen molar-refractivity contribution in [3.8, 4) is 5.69 Å². The Morgan fingerprint density at radius 3 is 2.27 bits per heavy atom. The Bertz CT molecular complexity index is 992. The first-order valence-electron chi connectivity index (χ1n) is 7.44. The Hall–Kier alpha value is -3.20. The minimum atomic E-state index is -4.44. The number of carboxylic acids is 1. The van der Waals surface area contributed by atoms with Crippen molar-refractivity contribution < 1.29 is 23.1 Å². The van der Waals surface area contributed by atoms with Crippen LogP contribution < -0.4 is 16.6 Å². The summed E-state index contributed by atoms with van der Waals surface area (Å²) in [5.41, 5.74) is 6.57. The molecule has 5 N–H and O–H groups in total. The molecule has 0 aliphatic carbocycles. The van der Waals surface area contributed by atoms with Crippen LogP contribution in [0.25, 0.3) is 16.6 Å². The van der Waals surface area contributed by atoms with Gasteiger partial charge in [0.15, 0.2) is 5.82 Å². The lowest BCUT2D eigenvalue weighted by molar-refractivity contribution is -0.137. The van der Waals surface area contributed by atoms with Gasteiger partial charge in [-0.2, -0.15) is 13.2 Å². The third kappa shape index (κ3) is 2.82. The third-order valence-electron chi connectivity index (χ3n) is 4.01. The first-order valence-corrected chi connectivity index (χ1v) is 7.44. The largest absolute Gasteiger partial charge is 0.478 e. The lowest BCUT2D eigenvalue weighted by Crippen LogP contribution is -2.28. The molecular weight excluding hydrogens is 349 g/mol. The van der Waals surface area contributed by atoms with Gasteiger partial charge in [-0.1, -0.05) is 0 Å². The maximum atomic E-state index is 12.8. The van der Waals surface area contributed by atoms with Crippen LogP contribution in [0.1, 0.15) is 15.9 Å². The fourth-order valence-electron chi connectivity index (χ4n) is 2.84. The number of halogens is 3. The molecule has 0 saturated carbocycles. The minimum absolute atomic E-state index is 0.0417. The van der Waals surface area contributed by atoms with Crippen LogP contribution in [0.2, 0.25) is 0 Å². The minimum Gasteiger partial charge on any atom is -0.478 e. The van der Waals surface area contributed by atoms with E-state index >= 15 is 0 Å². The Labute approximate surface area is 146 Å². The highest BCUT2D eigenvalue weighted by molar-refractivity contribution is 6.04. The number of aromatic nitrogens is 1. The van der Waals surface area contributed by atoms with Gasteiger partial charge in [0.1, 0.15) is 0 Å². The van der Waals surface area contributed by atoms with Gasteiger partial charge in [-0.25, -0.2) is 10.6 Å². The van der Waals surface area contributed by atoms with E-state index in [-0.39, 0.29) is 11.3 Å². The van der Waals surface area contributed by atoms with Crippen molar-refractivity contribution in [1.29, 1.82) is 0 Å². The van der Waals surface area contributed by atoms with Gasteiger partial charge in [0.05, 0.1) is 22.3 Å². The van der Waals surface area contributed by atoms with Crippen LogP contribution in [0.5, 0.6) is 0 Å². The van der Waals surface area contributed by atoms with Gasteiger partial charge < -0.3 is 10.8 Å². The molecule has 3 aromatic rings. The molecule has 0 bridgehead atoms. The summed E-state index contributed by atoms with van der Waals surface area (Å²) in [7, 11) is 1.53. The number of benzene rings is 2. The van der Waals surface area contributed by atoms with E-state index in [1.807, 2.05) is 0 Å². The van der Waals surface area contributed by atoms with E-state index < -0.39 is 17.7 Å². The second-order valence-electron chi connectivity index (χ2n) is 5.77. The quantitative estimate of drug-likeness (QED) is 0.490. The van der Waals surface area contributed by atoms with Gasteiger partial charge in [-0.05, 0) is 42.5 Å². The maximum absolute atomic E-state index is 12.8. The number of alkyl halides is 3. The summed E-state index contributed by atoms with van der Waals surface area (Å²) in [5.74, 6) is 5.07. The summed E-state index contributed by atoms with van der Waals surface area (Å²) >= 11 is 0. The van der Waals surface area contributed by atoms with Crippen LogP contribution in [0.15, 0.2) is 42.5 Å². The fourth-order valence-corrected chi connectivity index (χ4v) is 2.84. The van der Waals surface area contributed by atoms with Gasteiger partial charge in [-0.15, -0.1) is 0 Å². The van der Waals surface area contributed by atoms with Crippen LogP contribution in [0.3, 0.4) is 0 Å². The Morgan fingerprint density at radius 1 is 1.15 bits per heavy atom. The van der Waals surface area contributed by atoms with Crippen LogP contribution in [0.4, 0.5) is 24.7 Å². The number of anilines is 2. The third-order valence-corrected chi connectivity index (χ3v) is 4.01. The number of nitrogens with zero attached hydrogens (tertiary/aromatic N) is 2. The average molecular weight is 364 g/mol. The van der Waals surface area contributed by atoms with Gasteiger partial charge in [0.2, 0.25) is 0 Å². The molecule has 0 saturated heterocycles. The number of rotatable bonds is 3. The average Bonchev–Trinajstić information content (AvgIpc) is 2.86. The second kappa shape index (κ2) is 5.95. The normalized spacial score (nSPS) is 11.7. The zero-order chi connectivity index (χ0) is 19.2. The molecule has 0 aliphatic rings. The predicted octanol–water partition coefficient (Wildman–Crippen LogP) is 3.24. The molecule has 0 spiro atoms. The first kappa shape index (κ1) is 17.6. The molecule has 2 aromatic carbocycles. The molecule has 136 valence electrons. The summed E-state index contributed by atoms with van der Waals surface area (Å²) in [6, 6.07) is 8.87. The molecule has 26 heavy (non-hydrogen) atoms. The second-order valence-corrected chi connectivity index (χ2v) is 5.77. The number of hydrogen-bond donors (Lipinski definition) is 3. The van der Waals surface area contributed by atoms with E-state index in [4.69, 9.17) is 16.7 Å². The van der Waals surface area contributed by atoms with Crippen LogP contribution in [0, 0.1) is 0 Å². The highest BCUT2D eigenvalue weighted by atomic mass is 19.4. The van der Waals surface area contributed by atoms with Crippen LogP contribution >= 0.6 is 0 Å². The van der Waals surface area contributed by atoms with Crippen molar-refractivity contribution in [2.75, 3.05) is 17.8 Å². The topological polar surface area (TPSA) is 97.5 Å². The molecule has 9 heteroatoms. The summed E-state index contributed by atoms with van der Waals surface area (Å²) in [5, 5.41) is 10.8. The van der Waals surface area contributed by atoms with Crippen molar-refractivity contribution >= 4 is 28.4 Å². The molecule has 0 fully saturated rings. The predicted molar refractivity (Wildman–Crippen MR) is 92.2 cm³/mol. The maximum Gasteiger partial charge on any atom is 0.416 e. The van der Waals surface area contributed by atoms with Gasteiger partial charge >= 0.3 is 12.1 Å². The van der Waals surface area contributed by atoms with Gasteiger partial charge in [0, 0.05) is 18.1 Å². The molecule has 0 unspecified atom stereocenters. The fraction of sp³-hybridized carbons (Fsp3) is 0.118. The molecule has 0 radical (unpaired) electrons. The van der Waals surface area contributed by atoms with Crippen molar-refractivity contribution in [2.24, 2.45) is 5.84 Å². The van der Waals surface area contributed by atoms with Crippen molar-refractivity contribution in [1.82, 2.24) is 4.57 Å². The van der Waals surface area contributed by atoms with E-state index in [2.05, 4.69) is 0 Å². The monoisotopic (exact) mass is 364 g/mol. The molecule has 1 heterocycles. The molecular formula is C17H15F3N4O2. The highest BCUT2D eigenvalue weighted by Gasteiger charge is 2.30. The Kier molecular flexibility index (Phi) is 4.03. The molecule has 0 aliphatic heterocycles. The first-order chi connectivity index (χ1) is 12.1. The number of nitrogen functional groups attached to an aromatic ring is 1. The molecule has 3 rings (SSSR count). The SMILES string of the molecule is CN(N)c1c(N)c2cc(C(=O)O)ccc2n1-c1ccc(C(F)(F)F)cc1. The standard InChI is InChI=1S/C17H15F3N4O2/c1-23(22)15-14(21)12-8-9(16(25)26)2-7-13(12)24(15)11-5-3-10(4-6-11)17(18,19)20/h2-8H,21-22H2,1H3,(H,25,26). The number of nitrogens with two attached hydrogens (primary N) is 2. The lowest BCUT2D eigenvalue weighted by Gasteiger charge is -2.18. The van der Waals surface area contributed by atoms with Crippen molar-refractivity contribution in [2.45, 2.75) is 6.18 Å². The van der Waals surface area contributed by atoms with Crippen LogP contribution in [-0.2, 0) is 6.18 Å². The number of aromatic carboxylic acids is 1. The zero-order valence-corrected chi connectivity index (χ0v) is 13.6. The summed E-state index contributed by atoms with van der Waals surface area (Å²) in [6.45, 7) is 0. The van der Waals surface area contributed by atoms with E-state index in [0.717, 1.165) is 12.1 Å². The lowest BCUT2D eigenvalue weighted by atomic mass is 10.1. The summed E-state index contributed by atoms with van der Waals surface area (Å²) < 4.78 is 40.0. The van der Waals surface area contributed by atoms with Crippen molar-refractivity contribution in [3.05, 3.63) is 53.6 Å². The van der Waals surface area contributed by atoms with E-state index in [1.54, 1.807) is 10.6 Å². The summed E-state index contributed by atoms with van der Waals surface area (Å²) in [4.78, 5) is 11.2. The van der Waals surface area contributed by atoms with Crippen molar-refractivity contribution in [3.63, 3.8) is 0 Å². The molecule has 1 aromatic heterocycles. The molecule has 0 atom stereocenters. The van der Waals surface area contributed by atoms with E-state index in [1.165, 1.54) is 36.3 Å². The van der Waals surface area contributed by atoms with E-state index in [0.29, 0.717) is 22.4 Å². The number of fused-ring (bicyclic) bond motifs is 1. The van der Waals surface area contributed by atoms with Gasteiger partial charge in [-0.3, -0.25) is 9.58 Å². The smallest absolute Gasteiger partial charge is 0.416 e. The number of carboxylic acid groups (broad SMARTS) is 1. The van der Waals surface area contributed by atoms with Crippen LogP contribution in [-0.4, -0.2) is 22.7 Å². The number of carbonyl (C=O) groups is 1. The highest BCUT2D eigenvalue weighted by Crippen LogP contribution is 2.38.